The summed E-state index contributed by atoms with van der Waals surface area (Å²) in [5.41, 5.74) is 0.926. The van der Waals surface area contributed by atoms with Gasteiger partial charge in [0.25, 0.3) is 5.91 Å². The number of amides is 1. The Morgan fingerprint density at radius 3 is 2.92 bits per heavy atom. The first kappa shape index (κ1) is 15.8. The van der Waals surface area contributed by atoms with E-state index < -0.39 is 0 Å². The lowest BCUT2D eigenvalue weighted by molar-refractivity contribution is 0.0936. The molecule has 0 radical (unpaired) electrons. The Labute approximate surface area is 158 Å². The van der Waals surface area contributed by atoms with Gasteiger partial charge in [0.2, 0.25) is 6.79 Å². The van der Waals surface area contributed by atoms with Gasteiger partial charge in [0.05, 0.1) is 12.2 Å². The Balaban J connectivity index is 1.35. The lowest BCUT2D eigenvalue weighted by Crippen LogP contribution is -2.28. The Hall–Kier alpha value is -2.38. The second-order valence-corrected chi connectivity index (χ2v) is 8.41. The van der Waals surface area contributed by atoms with Crippen LogP contribution in [0.15, 0.2) is 41.9 Å². The second kappa shape index (κ2) is 6.41. The van der Waals surface area contributed by atoms with Gasteiger partial charge in [0.15, 0.2) is 11.5 Å². The van der Waals surface area contributed by atoms with Crippen molar-refractivity contribution >= 4 is 28.6 Å². The van der Waals surface area contributed by atoms with Crippen LogP contribution in [0.2, 0.25) is 0 Å². The Morgan fingerprint density at radius 1 is 1.23 bits per heavy atom. The minimum absolute atomic E-state index is 0.0557. The van der Waals surface area contributed by atoms with Crippen molar-refractivity contribution < 1.29 is 14.3 Å². The van der Waals surface area contributed by atoms with E-state index >= 15 is 0 Å². The first-order valence-electron chi connectivity index (χ1n) is 8.48. The summed E-state index contributed by atoms with van der Waals surface area (Å²) in [5.74, 6) is 1.96. The molecule has 1 unspecified atom stereocenters. The number of hydrogen-bond acceptors (Lipinski definition) is 6. The number of thiazole rings is 1. The van der Waals surface area contributed by atoms with Gasteiger partial charge in [-0.25, -0.2) is 4.98 Å². The molecule has 5 nitrogen and oxygen atoms in total. The molecule has 0 spiro atoms. The van der Waals surface area contributed by atoms with Crippen LogP contribution in [0, 0.1) is 5.92 Å². The van der Waals surface area contributed by atoms with E-state index in [-0.39, 0.29) is 18.7 Å². The van der Waals surface area contributed by atoms with Crippen LogP contribution in [0.25, 0.3) is 10.6 Å². The third-order valence-corrected chi connectivity index (χ3v) is 6.58. The van der Waals surface area contributed by atoms with Gasteiger partial charge >= 0.3 is 0 Å². The third kappa shape index (κ3) is 2.97. The molecule has 0 bridgehead atoms. The van der Waals surface area contributed by atoms with Crippen molar-refractivity contribution in [3.8, 4) is 22.1 Å². The highest BCUT2D eigenvalue weighted by molar-refractivity contribution is 7.16. The van der Waals surface area contributed by atoms with Crippen LogP contribution in [0.1, 0.15) is 33.4 Å². The maximum absolute atomic E-state index is 12.7. The number of nitrogens with zero attached hydrogens (tertiary/aromatic N) is 1. The molecule has 7 heteroatoms. The zero-order valence-electron chi connectivity index (χ0n) is 13.8. The summed E-state index contributed by atoms with van der Waals surface area (Å²) in [6.45, 7) is 0.246. The SMILES string of the molecule is O=C(NC(c1cccs1)C1CC1)c1cnc(-c2ccc3c(c2)OCO3)s1. The van der Waals surface area contributed by atoms with E-state index in [1.165, 1.54) is 29.1 Å². The molecule has 1 fully saturated rings. The number of rotatable bonds is 5. The molecule has 1 aliphatic carbocycles. The number of fused-ring (bicyclic) bond motifs is 1. The molecule has 0 saturated heterocycles. The van der Waals surface area contributed by atoms with Gasteiger partial charge in [0.1, 0.15) is 9.88 Å². The fourth-order valence-electron chi connectivity index (χ4n) is 3.07. The molecule has 1 N–H and O–H groups in total. The number of carbonyl (C=O) groups is 1. The van der Waals surface area contributed by atoms with E-state index in [0.29, 0.717) is 10.8 Å². The average molecular weight is 384 g/mol. The fourth-order valence-corrected chi connectivity index (χ4v) is 4.76. The van der Waals surface area contributed by atoms with Crippen LogP contribution in [-0.4, -0.2) is 17.7 Å². The highest BCUT2D eigenvalue weighted by Gasteiger charge is 2.34. The molecule has 3 aromatic rings. The molecule has 1 amide bonds. The number of aromatic nitrogens is 1. The molecular formula is C19H16N2O3S2. The highest BCUT2D eigenvalue weighted by Crippen LogP contribution is 2.43. The normalized spacial score (nSPS) is 16.5. The molecule has 3 heterocycles. The molecule has 1 saturated carbocycles. The number of thiophene rings is 1. The average Bonchev–Trinajstić information content (AvgIpc) is 3.11. The van der Waals surface area contributed by atoms with Crippen LogP contribution >= 0.6 is 22.7 Å². The topological polar surface area (TPSA) is 60.5 Å². The van der Waals surface area contributed by atoms with Gasteiger partial charge in [-0.15, -0.1) is 22.7 Å². The summed E-state index contributed by atoms with van der Waals surface area (Å²) in [6.07, 6.45) is 4.00. The van der Waals surface area contributed by atoms with Crippen LogP contribution in [0.5, 0.6) is 11.5 Å². The molecule has 132 valence electrons. The maximum atomic E-state index is 12.7. The third-order valence-electron chi connectivity index (χ3n) is 4.58. The first-order valence-corrected chi connectivity index (χ1v) is 10.2. The summed E-state index contributed by atoms with van der Waals surface area (Å²) >= 11 is 3.09. The number of benzene rings is 1. The standard InChI is InChI=1S/C19H16N2O3S2/c22-18(21-17(11-3-4-11)15-2-1-7-25-15)16-9-20-19(26-16)12-5-6-13-14(8-12)24-10-23-13/h1-2,5-9,11,17H,3-4,10H2,(H,21,22). The second-order valence-electron chi connectivity index (χ2n) is 6.40. The minimum atomic E-state index is -0.0557. The molecule has 2 aromatic heterocycles. The molecule has 1 aliphatic heterocycles. The van der Waals surface area contributed by atoms with Crippen LogP contribution in [0.3, 0.4) is 0 Å². The fraction of sp³-hybridized carbons (Fsp3) is 0.263. The Bertz CT molecular complexity index is 948. The molecular weight excluding hydrogens is 368 g/mol. The van der Waals surface area contributed by atoms with Crippen LogP contribution < -0.4 is 14.8 Å². The quantitative estimate of drug-likeness (QED) is 0.704. The molecule has 5 rings (SSSR count). The summed E-state index contributed by atoms with van der Waals surface area (Å²) in [7, 11) is 0. The van der Waals surface area contributed by atoms with Crippen molar-refractivity contribution in [3.05, 3.63) is 51.7 Å². The molecule has 1 aromatic carbocycles. The van der Waals surface area contributed by atoms with Crippen molar-refractivity contribution in [2.75, 3.05) is 6.79 Å². The van der Waals surface area contributed by atoms with E-state index in [0.717, 1.165) is 22.1 Å². The van der Waals surface area contributed by atoms with Gasteiger partial charge in [-0.3, -0.25) is 4.79 Å². The van der Waals surface area contributed by atoms with Crippen molar-refractivity contribution in [3.63, 3.8) is 0 Å². The van der Waals surface area contributed by atoms with Gasteiger partial charge < -0.3 is 14.8 Å². The summed E-state index contributed by atoms with van der Waals surface area (Å²) in [6, 6.07) is 9.95. The van der Waals surface area contributed by atoms with Gasteiger partial charge in [0, 0.05) is 10.4 Å². The van der Waals surface area contributed by atoms with E-state index in [1.54, 1.807) is 17.5 Å². The number of ether oxygens (including phenoxy) is 2. The van der Waals surface area contributed by atoms with Crippen LogP contribution in [-0.2, 0) is 0 Å². The van der Waals surface area contributed by atoms with Crippen molar-refractivity contribution in [2.24, 2.45) is 5.92 Å². The predicted octanol–water partition coefficient (Wildman–Crippen LogP) is 4.48. The maximum Gasteiger partial charge on any atom is 0.263 e. The Kier molecular flexibility index (Phi) is 3.90. The summed E-state index contributed by atoms with van der Waals surface area (Å²) < 4.78 is 10.8. The summed E-state index contributed by atoms with van der Waals surface area (Å²) in [4.78, 5) is 19.0. The largest absolute Gasteiger partial charge is 0.454 e. The van der Waals surface area contributed by atoms with Gasteiger partial charge in [-0.1, -0.05) is 6.07 Å². The van der Waals surface area contributed by atoms with E-state index in [9.17, 15) is 4.79 Å². The first-order chi connectivity index (χ1) is 12.8. The van der Waals surface area contributed by atoms with Gasteiger partial charge in [-0.05, 0) is 48.4 Å². The summed E-state index contributed by atoms with van der Waals surface area (Å²) in [5, 5.41) is 6.06. The molecule has 1 atom stereocenters. The monoisotopic (exact) mass is 384 g/mol. The number of nitrogens with one attached hydrogen (secondary N) is 1. The van der Waals surface area contributed by atoms with E-state index in [2.05, 4.69) is 21.7 Å². The van der Waals surface area contributed by atoms with Crippen molar-refractivity contribution in [1.82, 2.24) is 10.3 Å². The zero-order valence-corrected chi connectivity index (χ0v) is 15.4. The zero-order chi connectivity index (χ0) is 17.5. The van der Waals surface area contributed by atoms with Gasteiger partial charge in [-0.2, -0.15) is 0 Å². The minimum Gasteiger partial charge on any atom is -0.454 e. The molecule has 26 heavy (non-hydrogen) atoms. The van der Waals surface area contributed by atoms with Crippen LogP contribution in [0.4, 0.5) is 0 Å². The number of hydrogen-bond donors (Lipinski definition) is 1. The lowest BCUT2D eigenvalue weighted by atomic mass is 10.1. The highest BCUT2D eigenvalue weighted by atomic mass is 32.1. The van der Waals surface area contributed by atoms with Crippen molar-refractivity contribution in [1.29, 1.82) is 0 Å². The molecule has 2 aliphatic rings. The number of carbonyl (C=O) groups excluding carboxylic acids is 1. The van der Waals surface area contributed by atoms with E-state index in [1.807, 2.05) is 24.3 Å². The lowest BCUT2D eigenvalue weighted by Gasteiger charge is -2.16. The smallest absolute Gasteiger partial charge is 0.263 e. The predicted molar refractivity (Wildman–Crippen MR) is 101 cm³/mol. The van der Waals surface area contributed by atoms with Crippen molar-refractivity contribution in [2.45, 2.75) is 18.9 Å². The Morgan fingerprint density at radius 2 is 2.12 bits per heavy atom. The van der Waals surface area contributed by atoms with E-state index in [4.69, 9.17) is 9.47 Å².